The number of hydrogen-bond acceptors (Lipinski definition) is 6. The quantitative estimate of drug-likeness (QED) is 0.588. The number of nitrogens with one attached hydrogen (secondary N) is 1. The summed E-state index contributed by atoms with van der Waals surface area (Å²) in [6, 6.07) is 0. The molecule has 15 heavy (non-hydrogen) atoms. The Morgan fingerprint density at radius 3 is 2.93 bits per heavy atom. The van der Waals surface area contributed by atoms with Crippen LogP contribution < -0.4 is 5.32 Å². The summed E-state index contributed by atoms with van der Waals surface area (Å²) >= 11 is 0. The normalized spacial score (nSPS) is 10.8. The molecule has 1 rings (SSSR count). The van der Waals surface area contributed by atoms with E-state index in [4.69, 9.17) is 14.3 Å². The molecule has 1 aromatic rings. The molecule has 2 N–H and O–H groups in total. The van der Waals surface area contributed by atoms with E-state index >= 15 is 0 Å². The molecule has 0 saturated carbocycles. The second-order valence-corrected chi connectivity index (χ2v) is 3.08. The molecule has 86 valence electrons. The molecule has 0 aliphatic heterocycles. The number of ether oxygens (including phenoxy) is 1. The van der Waals surface area contributed by atoms with Gasteiger partial charge in [0.15, 0.2) is 0 Å². The Bertz CT molecular complexity index is 265. The van der Waals surface area contributed by atoms with Crippen molar-refractivity contribution < 1.29 is 14.3 Å². The molecule has 0 amide bonds. The van der Waals surface area contributed by atoms with Gasteiger partial charge in [0.05, 0.1) is 19.8 Å². The third kappa shape index (κ3) is 5.46. The molecule has 6 heteroatoms. The lowest BCUT2D eigenvalue weighted by atomic mass is 10.4. The first-order chi connectivity index (χ1) is 7.33. The molecule has 0 bridgehead atoms. The van der Waals surface area contributed by atoms with Crippen molar-refractivity contribution in [3.05, 3.63) is 11.8 Å². The Kier molecular flexibility index (Phi) is 5.91. The third-order valence-electron chi connectivity index (χ3n) is 1.72. The zero-order valence-electron chi connectivity index (χ0n) is 8.90. The van der Waals surface area contributed by atoms with Gasteiger partial charge in [-0.15, -0.1) is 10.2 Å². The van der Waals surface area contributed by atoms with E-state index in [-0.39, 0.29) is 6.61 Å². The lowest BCUT2D eigenvalue weighted by Crippen LogP contribution is -2.17. The SMILES string of the molecule is Cc1nnc(CNCCCOCCO)o1. The van der Waals surface area contributed by atoms with Gasteiger partial charge < -0.3 is 19.6 Å². The maximum absolute atomic E-state index is 8.45. The van der Waals surface area contributed by atoms with Gasteiger partial charge in [-0.25, -0.2) is 0 Å². The van der Waals surface area contributed by atoms with Gasteiger partial charge >= 0.3 is 0 Å². The summed E-state index contributed by atoms with van der Waals surface area (Å²) in [4.78, 5) is 0. The summed E-state index contributed by atoms with van der Waals surface area (Å²) in [6.07, 6.45) is 0.896. The zero-order valence-corrected chi connectivity index (χ0v) is 8.90. The molecule has 1 aromatic heterocycles. The summed E-state index contributed by atoms with van der Waals surface area (Å²) < 4.78 is 10.3. The first-order valence-electron chi connectivity index (χ1n) is 5.01. The van der Waals surface area contributed by atoms with Crippen LogP contribution in [-0.2, 0) is 11.3 Å². The van der Waals surface area contributed by atoms with Crippen LogP contribution in [0.25, 0.3) is 0 Å². The van der Waals surface area contributed by atoms with Crippen molar-refractivity contribution >= 4 is 0 Å². The highest BCUT2D eigenvalue weighted by atomic mass is 16.5. The van der Waals surface area contributed by atoms with Crippen LogP contribution in [-0.4, -0.2) is 41.7 Å². The number of aromatic nitrogens is 2. The van der Waals surface area contributed by atoms with Crippen LogP contribution in [0.3, 0.4) is 0 Å². The minimum atomic E-state index is 0.0781. The molecular formula is C9H17N3O3. The molecule has 0 spiro atoms. The summed E-state index contributed by atoms with van der Waals surface area (Å²) in [5.74, 6) is 1.18. The lowest BCUT2D eigenvalue weighted by molar-refractivity contribution is 0.0906. The number of aliphatic hydroxyl groups is 1. The highest BCUT2D eigenvalue weighted by Crippen LogP contribution is 1.96. The molecular weight excluding hydrogens is 198 g/mol. The van der Waals surface area contributed by atoms with E-state index in [0.717, 1.165) is 13.0 Å². The van der Waals surface area contributed by atoms with Gasteiger partial charge in [-0.1, -0.05) is 0 Å². The van der Waals surface area contributed by atoms with Crippen LogP contribution in [0.15, 0.2) is 4.42 Å². The summed E-state index contributed by atoms with van der Waals surface area (Å²) in [5, 5.41) is 19.2. The molecule has 1 heterocycles. The van der Waals surface area contributed by atoms with Crippen LogP contribution >= 0.6 is 0 Å². The Morgan fingerprint density at radius 1 is 1.40 bits per heavy atom. The molecule has 0 saturated heterocycles. The summed E-state index contributed by atoms with van der Waals surface area (Å²) in [6.45, 7) is 4.31. The highest BCUT2D eigenvalue weighted by Gasteiger charge is 2.00. The fourth-order valence-electron chi connectivity index (χ4n) is 1.07. The van der Waals surface area contributed by atoms with E-state index in [1.54, 1.807) is 6.92 Å². The Balaban J connectivity index is 1.93. The van der Waals surface area contributed by atoms with Crippen molar-refractivity contribution in [1.82, 2.24) is 15.5 Å². The van der Waals surface area contributed by atoms with Crippen molar-refractivity contribution in [2.45, 2.75) is 19.9 Å². The molecule has 0 unspecified atom stereocenters. The maximum Gasteiger partial charge on any atom is 0.230 e. The largest absolute Gasteiger partial charge is 0.424 e. The molecule has 0 fully saturated rings. The Morgan fingerprint density at radius 2 is 2.27 bits per heavy atom. The highest BCUT2D eigenvalue weighted by molar-refractivity contribution is 4.77. The average molecular weight is 215 g/mol. The van der Waals surface area contributed by atoms with Crippen molar-refractivity contribution in [3.8, 4) is 0 Å². The van der Waals surface area contributed by atoms with Crippen LogP contribution in [0.5, 0.6) is 0 Å². The number of rotatable bonds is 8. The molecule has 0 atom stereocenters. The number of hydrogen-bond donors (Lipinski definition) is 2. The van der Waals surface area contributed by atoms with E-state index in [0.29, 0.717) is 31.5 Å². The van der Waals surface area contributed by atoms with Gasteiger partial charge in [0.2, 0.25) is 11.8 Å². The smallest absolute Gasteiger partial charge is 0.230 e. The van der Waals surface area contributed by atoms with Gasteiger partial charge in [-0.05, 0) is 13.0 Å². The van der Waals surface area contributed by atoms with Crippen molar-refractivity contribution in [3.63, 3.8) is 0 Å². The number of nitrogens with zero attached hydrogens (tertiary/aromatic N) is 2. The predicted molar refractivity (Wildman–Crippen MR) is 53.3 cm³/mol. The lowest BCUT2D eigenvalue weighted by Gasteiger charge is -2.02. The van der Waals surface area contributed by atoms with E-state index in [1.165, 1.54) is 0 Å². The van der Waals surface area contributed by atoms with Gasteiger partial charge in [0, 0.05) is 13.5 Å². The fraction of sp³-hybridized carbons (Fsp3) is 0.778. The monoisotopic (exact) mass is 215 g/mol. The van der Waals surface area contributed by atoms with Gasteiger partial charge in [-0.3, -0.25) is 0 Å². The molecule has 0 aromatic carbocycles. The second-order valence-electron chi connectivity index (χ2n) is 3.08. The Hall–Kier alpha value is -0.980. The minimum Gasteiger partial charge on any atom is -0.424 e. The number of aliphatic hydroxyl groups excluding tert-OH is 1. The first kappa shape index (κ1) is 12.1. The first-order valence-corrected chi connectivity index (χ1v) is 5.01. The van der Waals surface area contributed by atoms with E-state index in [1.807, 2.05) is 0 Å². The third-order valence-corrected chi connectivity index (χ3v) is 1.72. The fourth-order valence-corrected chi connectivity index (χ4v) is 1.07. The van der Waals surface area contributed by atoms with Crippen molar-refractivity contribution in [2.24, 2.45) is 0 Å². The predicted octanol–water partition coefficient (Wildman–Crippen LogP) is -0.133. The van der Waals surface area contributed by atoms with Crippen LogP contribution in [0.4, 0.5) is 0 Å². The van der Waals surface area contributed by atoms with Crippen molar-refractivity contribution in [1.29, 1.82) is 0 Å². The van der Waals surface area contributed by atoms with Gasteiger partial charge in [0.25, 0.3) is 0 Å². The van der Waals surface area contributed by atoms with E-state index < -0.39 is 0 Å². The van der Waals surface area contributed by atoms with Gasteiger partial charge in [0.1, 0.15) is 0 Å². The van der Waals surface area contributed by atoms with Gasteiger partial charge in [-0.2, -0.15) is 0 Å². The van der Waals surface area contributed by atoms with E-state index in [9.17, 15) is 0 Å². The van der Waals surface area contributed by atoms with Crippen molar-refractivity contribution in [2.75, 3.05) is 26.4 Å². The minimum absolute atomic E-state index is 0.0781. The van der Waals surface area contributed by atoms with Crippen LogP contribution in [0.2, 0.25) is 0 Å². The Labute approximate surface area is 88.6 Å². The maximum atomic E-state index is 8.45. The van der Waals surface area contributed by atoms with Crippen LogP contribution in [0.1, 0.15) is 18.2 Å². The molecule has 6 nitrogen and oxygen atoms in total. The summed E-state index contributed by atoms with van der Waals surface area (Å²) in [7, 11) is 0. The molecule has 0 aliphatic carbocycles. The van der Waals surface area contributed by atoms with Crippen LogP contribution in [0, 0.1) is 6.92 Å². The second kappa shape index (κ2) is 7.33. The van der Waals surface area contributed by atoms with E-state index in [2.05, 4.69) is 15.5 Å². The standard InChI is InChI=1S/C9H17N3O3/c1-8-11-12-9(15-8)7-10-3-2-5-14-6-4-13/h10,13H,2-7H2,1H3. The number of aryl methyl sites for hydroxylation is 1. The molecule has 0 radical (unpaired) electrons. The summed E-state index contributed by atoms with van der Waals surface area (Å²) in [5.41, 5.74) is 0. The average Bonchev–Trinajstić information content (AvgIpc) is 2.63. The zero-order chi connectivity index (χ0) is 10.9. The molecule has 0 aliphatic rings. The topological polar surface area (TPSA) is 80.4 Å².